The summed E-state index contributed by atoms with van der Waals surface area (Å²) in [6.07, 6.45) is 5.91. The third kappa shape index (κ3) is 4.22. The molecule has 0 aromatic heterocycles. The number of hydrogen-bond donors (Lipinski definition) is 2. The summed E-state index contributed by atoms with van der Waals surface area (Å²) in [6, 6.07) is 8.70. The summed E-state index contributed by atoms with van der Waals surface area (Å²) in [7, 11) is 1.82. The predicted octanol–water partition coefficient (Wildman–Crippen LogP) is 4.18. The van der Waals surface area contributed by atoms with E-state index < -0.39 is 0 Å². The van der Waals surface area contributed by atoms with Gasteiger partial charge in [-0.3, -0.25) is 0 Å². The molecule has 0 saturated heterocycles. The zero-order valence-electron chi connectivity index (χ0n) is 13.1. The Morgan fingerprint density at radius 3 is 2.52 bits per heavy atom. The number of benzene rings is 1. The second-order valence-electron chi connectivity index (χ2n) is 6.00. The summed E-state index contributed by atoms with van der Waals surface area (Å²) in [5.74, 6) is 0.783. The Morgan fingerprint density at radius 1 is 1.29 bits per heavy atom. The number of nitrogens with one attached hydrogen (secondary N) is 1. The molecule has 1 aromatic rings. The van der Waals surface area contributed by atoms with Gasteiger partial charge in [0.05, 0.1) is 0 Å². The highest BCUT2D eigenvalue weighted by molar-refractivity contribution is 7.93. The Labute approximate surface area is 132 Å². The lowest BCUT2D eigenvalue weighted by atomic mass is 9.85. The van der Waals surface area contributed by atoms with Crippen molar-refractivity contribution in [2.75, 3.05) is 19.4 Å². The van der Waals surface area contributed by atoms with Crippen molar-refractivity contribution in [2.45, 2.75) is 50.7 Å². The lowest BCUT2D eigenvalue weighted by Gasteiger charge is -2.38. The number of methoxy groups -OCH3 is 1. The molecule has 21 heavy (non-hydrogen) atoms. The number of ether oxygens (including phenoxy) is 1. The fraction of sp³-hybridized carbons (Fsp3) is 0.647. The first-order valence-corrected chi connectivity index (χ1v) is 8.77. The van der Waals surface area contributed by atoms with Crippen molar-refractivity contribution >= 4 is 12.0 Å². The number of rotatable bonds is 8. The highest BCUT2D eigenvalue weighted by Gasteiger charge is 2.41. The van der Waals surface area contributed by atoms with Crippen LogP contribution in [0.2, 0.25) is 0 Å². The fourth-order valence-electron chi connectivity index (χ4n) is 3.43. The topological polar surface area (TPSA) is 41.5 Å². The van der Waals surface area contributed by atoms with Crippen molar-refractivity contribution in [2.24, 2.45) is 0 Å². The average Bonchev–Trinajstić information content (AvgIpc) is 2.96. The molecular formula is C17H27NO2S. The van der Waals surface area contributed by atoms with E-state index in [-0.39, 0.29) is 11.6 Å². The normalized spacial score (nSPS) is 18.8. The molecule has 1 saturated carbocycles. The Kier molecular flexibility index (Phi) is 6.55. The first kappa shape index (κ1) is 16.8. The highest BCUT2D eigenvalue weighted by atomic mass is 32.2. The van der Waals surface area contributed by atoms with Crippen LogP contribution in [0.3, 0.4) is 0 Å². The molecule has 2 N–H and O–H groups in total. The van der Waals surface area contributed by atoms with Crippen molar-refractivity contribution in [3.63, 3.8) is 0 Å². The molecule has 1 atom stereocenters. The van der Waals surface area contributed by atoms with Crippen LogP contribution in [0.5, 0.6) is 0 Å². The Morgan fingerprint density at radius 2 is 1.95 bits per heavy atom. The van der Waals surface area contributed by atoms with Crippen LogP contribution in [-0.2, 0) is 4.74 Å². The SMILES string of the molecule is COC(c1ccc(C)cc1)C1(NCCCSO)CCCC1. The number of aryl methyl sites for hydroxylation is 1. The predicted molar refractivity (Wildman–Crippen MR) is 89.8 cm³/mol. The molecule has 1 aliphatic carbocycles. The molecule has 0 radical (unpaired) electrons. The minimum absolute atomic E-state index is 0.0458. The van der Waals surface area contributed by atoms with Gasteiger partial charge in [0.1, 0.15) is 6.10 Å². The van der Waals surface area contributed by atoms with Crippen molar-refractivity contribution in [1.82, 2.24) is 5.32 Å². The number of hydrogen-bond acceptors (Lipinski definition) is 4. The summed E-state index contributed by atoms with van der Waals surface area (Å²) in [4.78, 5) is 0. The maximum atomic E-state index is 8.85. The van der Waals surface area contributed by atoms with Gasteiger partial charge in [-0.2, -0.15) is 0 Å². The van der Waals surface area contributed by atoms with E-state index in [9.17, 15) is 0 Å². The summed E-state index contributed by atoms with van der Waals surface area (Å²) < 4.78 is 14.7. The molecule has 0 spiro atoms. The summed E-state index contributed by atoms with van der Waals surface area (Å²) in [6.45, 7) is 3.04. The van der Waals surface area contributed by atoms with Crippen LogP contribution in [-0.4, -0.2) is 29.5 Å². The quantitative estimate of drug-likeness (QED) is 0.558. The minimum Gasteiger partial charge on any atom is -0.375 e. The minimum atomic E-state index is 0.0458. The van der Waals surface area contributed by atoms with Gasteiger partial charge in [0, 0.05) is 18.4 Å². The fourth-order valence-corrected chi connectivity index (χ4v) is 3.71. The Balaban J connectivity index is 2.12. The molecular weight excluding hydrogens is 282 g/mol. The smallest absolute Gasteiger partial charge is 0.100 e. The van der Waals surface area contributed by atoms with Crippen LogP contribution in [0.1, 0.15) is 49.3 Å². The third-order valence-electron chi connectivity index (χ3n) is 4.50. The molecule has 0 bridgehead atoms. The molecule has 1 aromatic carbocycles. The van der Waals surface area contributed by atoms with E-state index in [1.807, 2.05) is 7.11 Å². The van der Waals surface area contributed by atoms with E-state index in [0.717, 1.165) is 43.6 Å². The van der Waals surface area contributed by atoms with Crippen LogP contribution in [0.4, 0.5) is 0 Å². The lowest BCUT2D eigenvalue weighted by molar-refractivity contribution is 0.0171. The second kappa shape index (κ2) is 8.18. The molecule has 0 aliphatic heterocycles. The first-order valence-electron chi connectivity index (χ1n) is 7.82. The molecule has 4 heteroatoms. The molecule has 0 amide bonds. The van der Waals surface area contributed by atoms with E-state index in [1.54, 1.807) is 0 Å². The first-order chi connectivity index (χ1) is 10.2. The molecule has 1 fully saturated rings. The molecule has 2 rings (SSSR count). The van der Waals surface area contributed by atoms with Crippen LogP contribution in [0.15, 0.2) is 24.3 Å². The molecule has 1 aliphatic rings. The molecule has 3 nitrogen and oxygen atoms in total. The van der Waals surface area contributed by atoms with Crippen molar-refractivity contribution in [3.05, 3.63) is 35.4 Å². The summed E-state index contributed by atoms with van der Waals surface area (Å²) in [5, 5.41) is 3.74. The van der Waals surface area contributed by atoms with E-state index in [1.165, 1.54) is 24.0 Å². The summed E-state index contributed by atoms with van der Waals surface area (Å²) >= 11 is 0.924. The average molecular weight is 309 g/mol. The van der Waals surface area contributed by atoms with Crippen molar-refractivity contribution in [3.8, 4) is 0 Å². The van der Waals surface area contributed by atoms with Crippen molar-refractivity contribution < 1.29 is 9.29 Å². The monoisotopic (exact) mass is 309 g/mol. The van der Waals surface area contributed by atoms with Gasteiger partial charge < -0.3 is 14.6 Å². The molecule has 118 valence electrons. The maximum absolute atomic E-state index is 8.85. The van der Waals surface area contributed by atoms with Gasteiger partial charge in [0.25, 0.3) is 0 Å². The van der Waals surface area contributed by atoms with Gasteiger partial charge >= 0.3 is 0 Å². The van der Waals surface area contributed by atoms with E-state index in [2.05, 4.69) is 36.5 Å². The van der Waals surface area contributed by atoms with Crippen LogP contribution < -0.4 is 5.32 Å². The standard InChI is InChI=1S/C17H27NO2S/c1-14-6-8-15(9-7-14)16(20-2)17(10-3-4-11-17)18-12-5-13-21-19/h6-9,16,18-19H,3-5,10-13H2,1-2H3. The Bertz CT molecular complexity index is 415. The zero-order valence-corrected chi connectivity index (χ0v) is 13.9. The highest BCUT2D eigenvalue weighted by Crippen LogP contribution is 2.41. The lowest BCUT2D eigenvalue weighted by Crippen LogP contribution is -2.49. The van der Waals surface area contributed by atoms with Gasteiger partial charge in [-0.05, 0) is 50.3 Å². The van der Waals surface area contributed by atoms with Crippen LogP contribution >= 0.6 is 12.0 Å². The second-order valence-corrected chi connectivity index (χ2v) is 6.67. The van der Waals surface area contributed by atoms with Gasteiger partial charge in [-0.25, -0.2) is 0 Å². The third-order valence-corrected chi connectivity index (χ3v) is 4.97. The van der Waals surface area contributed by atoms with Gasteiger partial charge in [-0.1, -0.05) is 42.7 Å². The molecule has 0 heterocycles. The van der Waals surface area contributed by atoms with Crippen LogP contribution in [0, 0.1) is 6.92 Å². The van der Waals surface area contributed by atoms with Gasteiger partial charge in [0.15, 0.2) is 0 Å². The van der Waals surface area contributed by atoms with E-state index in [0.29, 0.717) is 0 Å². The van der Waals surface area contributed by atoms with Gasteiger partial charge in [0.2, 0.25) is 0 Å². The summed E-state index contributed by atoms with van der Waals surface area (Å²) in [5.41, 5.74) is 2.58. The van der Waals surface area contributed by atoms with Crippen LogP contribution in [0.25, 0.3) is 0 Å². The van der Waals surface area contributed by atoms with E-state index in [4.69, 9.17) is 9.29 Å². The zero-order chi connectivity index (χ0) is 15.1. The Hall–Kier alpha value is -0.550. The molecule has 1 unspecified atom stereocenters. The largest absolute Gasteiger partial charge is 0.375 e. The maximum Gasteiger partial charge on any atom is 0.100 e. The van der Waals surface area contributed by atoms with Crippen molar-refractivity contribution in [1.29, 1.82) is 0 Å². The van der Waals surface area contributed by atoms with Gasteiger partial charge in [-0.15, -0.1) is 0 Å². The van der Waals surface area contributed by atoms with E-state index >= 15 is 0 Å².